The molecule has 21 heavy (non-hydrogen) atoms. The Balaban J connectivity index is 1.79. The summed E-state index contributed by atoms with van der Waals surface area (Å²) < 4.78 is 5.01. The molecule has 2 aromatic heterocycles. The first-order valence-corrected chi connectivity index (χ1v) is 8.19. The van der Waals surface area contributed by atoms with Gasteiger partial charge in [-0.2, -0.15) is 0 Å². The zero-order chi connectivity index (χ0) is 14.8. The lowest BCUT2D eigenvalue weighted by Gasteiger charge is -2.14. The molecular formula is C14H14N4OS2. The fourth-order valence-electron chi connectivity index (χ4n) is 2.04. The number of carbonyl (C=O) groups is 1. The van der Waals surface area contributed by atoms with E-state index < -0.39 is 0 Å². The van der Waals surface area contributed by atoms with Gasteiger partial charge in [0.15, 0.2) is 0 Å². The molecule has 0 saturated carbocycles. The third-order valence-corrected chi connectivity index (χ3v) is 4.92. The molecule has 0 N–H and O–H groups in total. The number of benzene rings is 1. The highest BCUT2D eigenvalue weighted by molar-refractivity contribution is 7.18. The predicted octanol–water partition coefficient (Wildman–Crippen LogP) is 2.98. The lowest BCUT2D eigenvalue weighted by atomic mass is 10.3. The van der Waals surface area contributed by atoms with Gasteiger partial charge in [0, 0.05) is 7.05 Å². The van der Waals surface area contributed by atoms with Gasteiger partial charge in [-0.15, -0.1) is 16.4 Å². The van der Waals surface area contributed by atoms with Crippen LogP contribution in [0.3, 0.4) is 0 Å². The topological polar surface area (TPSA) is 59.0 Å². The second-order valence-electron chi connectivity index (χ2n) is 4.64. The summed E-state index contributed by atoms with van der Waals surface area (Å²) in [5, 5.41) is 4.92. The van der Waals surface area contributed by atoms with E-state index in [-0.39, 0.29) is 5.91 Å². The van der Waals surface area contributed by atoms with Gasteiger partial charge in [-0.1, -0.05) is 23.5 Å². The number of aryl methyl sites for hydroxylation is 1. The van der Waals surface area contributed by atoms with Gasteiger partial charge in [-0.3, -0.25) is 4.79 Å². The molecule has 1 aromatic carbocycles. The number of aromatic nitrogens is 3. The van der Waals surface area contributed by atoms with Gasteiger partial charge >= 0.3 is 0 Å². The number of amides is 1. The summed E-state index contributed by atoms with van der Waals surface area (Å²) >= 11 is 2.77. The van der Waals surface area contributed by atoms with Gasteiger partial charge in [0.1, 0.15) is 9.88 Å². The number of nitrogens with zero attached hydrogens (tertiary/aromatic N) is 4. The Morgan fingerprint density at radius 1 is 1.33 bits per heavy atom. The molecule has 7 heteroatoms. The smallest absolute Gasteiger partial charge is 0.267 e. The van der Waals surface area contributed by atoms with Crippen molar-refractivity contribution < 1.29 is 4.79 Å². The van der Waals surface area contributed by atoms with Crippen LogP contribution in [0, 0.1) is 0 Å². The number of hydrogen-bond acceptors (Lipinski definition) is 6. The van der Waals surface area contributed by atoms with Crippen LogP contribution in [0.5, 0.6) is 0 Å². The zero-order valence-electron chi connectivity index (χ0n) is 11.7. The van der Waals surface area contributed by atoms with Crippen molar-refractivity contribution in [3.05, 3.63) is 39.8 Å². The minimum atomic E-state index is -0.0406. The van der Waals surface area contributed by atoms with Crippen molar-refractivity contribution in [1.82, 2.24) is 19.5 Å². The normalized spacial score (nSPS) is 11.0. The lowest BCUT2D eigenvalue weighted by molar-refractivity contribution is 0.0788. The fourth-order valence-corrected chi connectivity index (χ4v) is 3.80. The maximum absolute atomic E-state index is 12.4. The Kier molecular flexibility index (Phi) is 3.94. The van der Waals surface area contributed by atoms with E-state index in [1.54, 1.807) is 23.3 Å². The van der Waals surface area contributed by atoms with Crippen molar-refractivity contribution in [2.24, 2.45) is 0 Å². The average Bonchev–Trinajstić information content (AvgIpc) is 3.11. The predicted molar refractivity (Wildman–Crippen MR) is 84.7 cm³/mol. The Labute approximate surface area is 130 Å². The summed E-state index contributed by atoms with van der Waals surface area (Å²) in [5.41, 5.74) is 1.74. The first-order chi connectivity index (χ1) is 10.2. The molecule has 3 aromatic rings. The van der Waals surface area contributed by atoms with E-state index in [0.717, 1.165) is 32.5 Å². The standard InChI is InChI=1S/C14H14N4OS2/c1-3-9-13(21-17-16-9)14(19)18(2)8-12-15-10-6-4-5-7-11(10)20-12/h4-7H,3,8H2,1-2H3. The third-order valence-electron chi connectivity index (χ3n) is 3.14. The van der Waals surface area contributed by atoms with Crippen molar-refractivity contribution in [3.8, 4) is 0 Å². The molecule has 0 saturated heterocycles. The van der Waals surface area contributed by atoms with Gasteiger partial charge < -0.3 is 4.90 Å². The number of carbonyl (C=O) groups excluding carboxylic acids is 1. The van der Waals surface area contributed by atoms with Crippen molar-refractivity contribution in [3.63, 3.8) is 0 Å². The van der Waals surface area contributed by atoms with E-state index in [1.807, 2.05) is 31.2 Å². The lowest BCUT2D eigenvalue weighted by Crippen LogP contribution is -2.26. The molecule has 0 radical (unpaired) electrons. The fraction of sp³-hybridized carbons (Fsp3) is 0.286. The Morgan fingerprint density at radius 2 is 2.14 bits per heavy atom. The van der Waals surface area contributed by atoms with Gasteiger partial charge in [0.05, 0.1) is 22.5 Å². The highest BCUT2D eigenvalue weighted by atomic mass is 32.1. The molecule has 1 amide bonds. The second kappa shape index (κ2) is 5.87. The van der Waals surface area contributed by atoms with Gasteiger partial charge in [0.2, 0.25) is 0 Å². The van der Waals surface area contributed by atoms with Crippen LogP contribution in [-0.4, -0.2) is 32.4 Å². The quantitative estimate of drug-likeness (QED) is 0.742. The molecule has 5 nitrogen and oxygen atoms in total. The van der Waals surface area contributed by atoms with Crippen LogP contribution in [0.1, 0.15) is 27.3 Å². The Bertz CT molecular complexity index is 747. The Hall–Kier alpha value is -1.86. The van der Waals surface area contributed by atoms with Crippen molar-refractivity contribution in [2.45, 2.75) is 19.9 Å². The molecule has 0 unspecified atom stereocenters. The molecular weight excluding hydrogens is 304 g/mol. The molecule has 0 fully saturated rings. The minimum Gasteiger partial charge on any atom is -0.334 e. The molecule has 0 spiro atoms. The van der Waals surface area contributed by atoms with Crippen LogP contribution in [-0.2, 0) is 13.0 Å². The van der Waals surface area contributed by atoms with Crippen LogP contribution in [0.4, 0.5) is 0 Å². The third kappa shape index (κ3) is 2.79. The van der Waals surface area contributed by atoms with Crippen molar-refractivity contribution in [2.75, 3.05) is 7.05 Å². The van der Waals surface area contributed by atoms with E-state index >= 15 is 0 Å². The van der Waals surface area contributed by atoms with Crippen molar-refractivity contribution in [1.29, 1.82) is 0 Å². The number of hydrogen-bond donors (Lipinski definition) is 0. The molecule has 0 bridgehead atoms. The van der Waals surface area contributed by atoms with Gasteiger partial charge in [-0.25, -0.2) is 4.98 Å². The van der Waals surface area contributed by atoms with Crippen molar-refractivity contribution >= 4 is 39.0 Å². The van der Waals surface area contributed by atoms with Crippen LogP contribution >= 0.6 is 22.9 Å². The Morgan fingerprint density at radius 3 is 2.90 bits per heavy atom. The molecule has 2 heterocycles. The van der Waals surface area contributed by atoms with Gasteiger partial charge in [-0.05, 0) is 30.1 Å². The molecule has 0 aliphatic rings. The summed E-state index contributed by atoms with van der Waals surface area (Å²) in [6.45, 7) is 2.47. The average molecular weight is 318 g/mol. The van der Waals surface area contributed by atoms with E-state index in [2.05, 4.69) is 14.6 Å². The van der Waals surface area contributed by atoms with E-state index in [4.69, 9.17) is 0 Å². The van der Waals surface area contributed by atoms with Crippen LogP contribution in [0.2, 0.25) is 0 Å². The summed E-state index contributed by atoms with van der Waals surface area (Å²) in [5.74, 6) is -0.0406. The first-order valence-electron chi connectivity index (χ1n) is 6.60. The van der Waals surface area contributed by atoms with E-state index in [1.165, 1.54) is 0 Å². The first kappa shape index (κ1) is 14.1. The number of para-hydroxylation sites is 1. The summed E-state index contributed by atoms with van der Waals surface area (Å²) in [7, 11) is 1.79. The molecule has 0 atom stereocenters. The molecule has 0 aliphatic carbocycles. The highest BCUT2D eigenvalue weighted by Gasteiger charge is 2.20. The van der Waals surface area contributed by atoms with Gasteiger partial charge in [0.25, 0.3) is 5.91 Å². The minimum absolute atomic E-state index is 0.0406. The van der Waals surface area contributed by atoms with E-state index in [9.17, 15) is 4.79 Å². The zero-order valence-corrected chi connectivity index (χ0v) is 13.4. The number of thiazole rings is 1. The molecule has 108 valence electrons. The second-order valence-corrected chi connectivity index (χ2v) is 6.51. The number of rotatable bonds is 4. The summed E-state index contributed by atoms with van der Waals surface area (Å²) in [6, 6.07) is 7.99. The van der Waals surface area contributed by atoms with Crippen LogP contribution in [0.25, 0.3) is 10.2 Å². The number of fused-ring (bicyclic) bond motifs is 1. The highest BCUT2D eigenvalue weighted by Crippen LogP contribution is 2.23. The molecule has 3 rings (SSSR count). The largest absolute Gasteiger partial charge is 0.334 e. The van der Waals surface area contributed by atoms with Crippen LogP contribution in [0.15, 0.2) is 24.3 Å². The molecule has 0 aliphatic heterocycles. The van der Waals surface area contributed by atoms with Crippen LogP contribution < -0.4 is 0 Å². The summed E-state index contributed by atoms with van der Waals surface area (Å²) in [4.78, 5) is 19.3. The SMILES string of the molecule is CCc1nnsc1C(=O)N(C)Cc1nc2ccccc2s1. The van der Waals surface area contributed by atoms with E-state index in [0.29, 0.717) is 17.8 Å². The maximum atomic E-state index is 12.4. The maximum Gasteiger partial charge on any atom is 0.267 e. The summed E-state index contributed by atoms with van der Waals surface area (Å²) in [6.07, 6.45) is 0.715. The monoisotopic (exact) mass is 318 g/mol.